The molecule has 0 aliphatic carbocycles. The van der Waals surface area contributed by atoms with Crippen LogP contribution in [0.25, 0.3) is 0 Å². The van der Waals surface area contributed by atoms with Crippen molar-refractivity contribution in [1.29, 1.82) is 5.26 Å². The summed E-state index contributed by atoms with van der Waals surface area (Å²) < 4.78 is 15.7. The van der Waals surface area contributed by atoms with Gasteiger partial charge in [-0.3, -0.25) is 4.79 Å². The fourth-order valence-corrected chi connectivity index (χ4v) is 2.63. The molecule has 0 radical (unpaired) electrons. The molecule has 0 bridgehead atoms. The van der Waals surface area contributed by atoms with E-state index in [1.54, 1.807) is 38.1 Å². The largest absolute Gasteiger partial charge is 0.463 e. The van der Waals surface area contributed by atoms with Gasteiger partial charge in [-0.1, -0.05) is 18.2 Å². The van der Waals surface area contributed by atoms with Crippen LogP contribution in [0.3, 0.4) is 0 Å². The van der Waals surface area contributed by atoms with Gasteiger partial charge in [0.05, 0.1) is 18.1 Å². The number of allylic oxidation sites excluding steroid dienone is 2. The first-order valence-electron chi connectivity index (χ1n) is 7.63. The Morgan fingerprint density at radius 3 is 2.64 bits per heavy atom. The van der Waals surface area contributed by atoms with E-state index < -0.39 is 17.9 Å². The molecule has 0 fully saturated rings. The van der Waals surface area contributed by atoms with Crippen LogP contribution in [0.5, 0.6) is 5.75 Å². The molecule has 1 aromatic carbocycles. The summed E-state index contributed by atoms with van der Waals surface area (Å²) in [6.07, 6.45) is 0. The van der Waals surface area contributed by atoms with E-state index in [0.29, 0.717) is 5.56 Å². The first-order valence-corrected chi connectivity index (χ1v) is 7.63. The molecule has 7 nitrogen and oxygen atoms in total. The molecule has 1 atom stereocenters. The van der Waals surface area contributed by atoms with Gasteiger partial charge in [0.15, 0.2) is 0 Å². The second kappa shape index (κ2) is 7.53. The zero-order valence-corrected chi connectivity index (χ0v) is 14.2. The van der Waals surface area contributed by atoms with Crippen LogP contribution >= 0.6 is 0 Å². The molecule has 1 aliphatic heterocycles. The molecule has 0 saturated carbocycles. The second-order valence-corrected chi connectivity index (χ2v) is 5.25. The van der Waals surface area contributed by atoms with Crippen molar-refractivity contribution in [1.82, 2.24) is 0 Å². The Kier molecular flexibility index (Phi) is 5.45. The van der Waals surface area contributed by atoms with Crippen LogP contribution in [0.15, 0.2) is 47.1 Å². The van der Waals surface area contributed by atoms with Crippen molar-refractivity contribution in [2.75, 3.05) is 6.61 Å². The highest BCUT2D eigenvalue weighted by molar-refractivity contribution is 5.93. The van der Waals surface area contributed by atoms with Crippen molar-refractivity contribution in [2.24, 2.45) is 5.73 Å². The molecule has 0 spiro atoms. The molecular weight excluding hydrogens is 324 g/mol. The summed E-state index contributed by atoms with van der Waals surface area (Å²) in [6.45, 7) is 4.67. The van der Waals surface area contributed by atoms with Crippen LogP contribution < -0.4 is 10.5 Å². The van der Waals surface area contributed by atoms with Gasteiger partial charge < -0.3 is 19.9 Å². The third-order valence-corrected chi connectivity index (χ3v) is 3.58. The molecule has 7 heteroatoms. The van der Waals surface area contributed by atoms with Crippen LogP contribution in [0, 0.1) is 11.3 Å². The fourth-order valence-electron chi connectivity index (χ4n) is 2.63. The zero-order valence-electron chi connectivity index (χ0n) is 14.2. The second-order valence-electron chi connectivity index (χ2n) is 5.25. The van der Waals surface area contributed by atoms with Crippen molar-refractivity contribution in [3.63, 3.8) is 0 Å². The third kappa shape index (κ3) is 3.63. The topological polar surface area (TPSA) is 112 Å². The van der Waals surface area contributed by atoms with Crippen molar-refractivity contribution in [2.45, 2.75) is 26.7 Å². The minimum absolute atomic E-state index is 0.0493. The highest BCUT2D eigenvalue weighted by Gasteiger charge is 2.37. The normalized spacial score (nSPS) is 16.8. The molecule has 1 aromatic rings. The standard InChI is InChI=1S/C18H18N2O5/c1-4-23-18(22)15-10(2)24-17(20)13(9-19)16(15)12-7-5-6-8-14(12)25-11(3)21/h5-8,16H,4,20H2,1-3H3. The number of benzene rings is 1. The molecule has 0 amide bonds. The number of hydrogen-bond donors (Lipinski definition) is 1. The monoisotopic (exact) mass is 342 g/mol. The Morgan fingerprint density at radius 2 is 2.04 bits per heavy atom. The number of para-hydroxylation sites is 1. The van der Waals surface area contributed by atoms with Crippen LogP contribution in [0.4, 0.5) is 0 Å². The number of nitrogens with zero attached hydrogens (tertiary/aromatic N) is 1. The van der Waals surface area contributed by atoms with E-state index in [-0.39, 0.29) is 35.1 Å². The summed E-state index contributed by atoms with van der Waals surface area (Å²) >= 11 is 0. The van der Waals surface area contributed by atoms with Gasteiger partial charge >= 0.3 is 11.9 Å². The molecule has 1 aliphatic rings. The molecule has 130 valence electrons. The number of rotatable bonds is 4. The van der Waals surface area contributed by atoms with E-state index in [1.165, 1.54) is 6.92 Å². The maximum absolute atomic E-state index is 12.5. The number of carbonyl (C=O) groups is 2. The number of hydrogen-bond acceptors (Lipinski definition) is 7. The van der Waals surface area contributed by atoms with Gasteiger partial charge in [0.25, 0.3) is 0 Å². The van der Waals surface area contributed by atoms with Gasteiger partial charge in [-0.05, 0) is 19.9 Å². The average molecular weight is 342 g/mol. The molecule has 25 heavy (non-hydrogen) atoms. The molecule has 2 rings (SSSR count). The molecule has 1 unspecified atom stereocenters. The number of nitrogens with two attached hydrogens (primary N) is 1. The van der Waals surface area contributed by atoms with Gasteiger partial charge in [0.2, 0.25) is 5.88 Å². The number of esters is 2. The first-order chi connectivity index (χ1) is 11.9. The first kappa shape index (κ1) is 18.1. The Bertz CT molecular complexity index is 817. The molecule has 1 heterocycles. The summed E-state index contributed by atoms with van der Waals surface area (Å²) in [5, 5.41) is 9.53. The van der Waals surface area contributed by atoms with E-state index in [0.717, 1.165) is 0 Å². The SMILES string of the molecule is CCOC(=O)C1=C(C)OC(N)=C(C#N)C1c1ccccc1OC(C)=O. The van der Waals surface area contributed by atoms with Gasteiger partial charge in [0.1, 0.15) is 23.2 Å². The van der Waals surface area contributed by atoms with Gasteiger partial charge in [-0.15, -0.1) is 0 Å². The quantitative estimate of drug-likeness (QED) is 0.659. The van der Waals surface area contributed by atoms with E-state index in [4.69, 9.17) is 19.9 Å². The van der Waals surface area contributed by atoms with Crippen LogP contribution in [-0.2, 0) is 19.1 Å². The van der Waals surface area contributed by atoms with Gasteiger partial charge in [-0.25, -0.2) is 4.79 Å². The number of nitriles is 1. The third-order valence-electron chi connectivity index (χ3n) is 3.58. The lowest BCUT2D eigenvalue weighted by Gasteiger charge is -2.27. The van der Waals surface area contributed by atoms with Crippen molar-refractivity contribution < 1.29 is 23.8 Å². The fraction of sp³-hybridized carbons (Fsp3) is 0.278. The number of carbonyl (C=O) groups excluding carboxylic acids is 2. The highest BCUT2D eigenvalue weighted by atomic mass is 16.5. The minimum Gasteiger partial charge on any atom is -0.463 e. The lowest BCUT2D eigenvalue weighted by molar-refractivity contribution is -0.139. The molecular formula is C18H18N2O5. The Balaban J connectivity index is 2.67. The smallest absolute Gasteiger partial charge is 0.338 e. The lowest BCUT2D eigenvalue weighted by Crippen LogP contribution is -2.26. The van der Waals surface area contributed by atoms with E-state index >= 15 is 0 Å². The Hall–Kier alpha value is -3.27. The Labute approximate surface area is 145 Å². The van der Waals surface area contributed by atoms with Crippen LogP contribution in [0.2, 0.25) is 0 Å². The maximum Gasteiger partial charge on any atom is 0.338 e. The molecule has 0 aromatic heterocycles. The van der Waals surface area contributed by atoms with Crippen molar-refractivity contribution >= 4 is 11.9 Å². The van der Waals surface area contributed by atoms with Crippen LogP contribution in [-0.4, -0.2) is 18.5 Å². The summed E-state index contributed by atoms with van der Waals surface area (Å²) in [6, 6.07) is 8.61. The summed E-state index contributed by atoms with van der Waals surface area (Å²) in [5.41, 5.74) is 6.48. The highest BCUT2D eigenvalue weighted by Crippen LogP contribution is 2.42. The maximum atomic E-state index is 12.5. The predicted molar refractivity (Wildman–Crippen MR) is 87.7 cm³/mol. The van der Waals surface area contributed by atoms with Gasteiger partial charge in [-0.2, -0.15) is 5.26 Å². The van der Waals surface area contributed by atoms with Crippen molar-refractivity contribution in [3.05, 3.63) is 52.6 Å². The lowest BCUT2D eigenvalue weighted by atomic mass is 9.82. The summed E-state index contributed by atoms with van der Waals surface area (Å²) in [4.78, 5) is 23.8. The average Bonchev–Trinajstić information content (AvgIpc) is 2.54. The van der Waals surface area contributed by atoms with E-state index in [9.17, 15) is 14.9 Å². The molecule has 0 saturated heterocycles. The van der Waals surface area contributed by atoms with Crippen molar-refractivity contribution in [3.8, 4) is 11.8 Å². The van der Waals surface area contributed by atoms with Crippen LogP contribution in [0.1, 0.15) is 32.3 Å². The zero-order chi connectivity index (χ0) is 18.6. The Morgan fingerprint density at radius 1 is 1.36 bits per heavy atom. The predicted octanol–water partition coefficient (Wildman–Crippen LogP) is 2.26. The van der Waals surface area contributed by atoms with Gasteiger partial charge in [0, 0.05) is 12.5 Å². The van der Waals surface area contributed by atoms with E-state index in [2.05, 4.69) is 0 Å². The molecule has 2 N–H and O–H groups in total. The number of ether oxygens (including phenoxy) is 3. The van der Waals surface area contributed by atoms with E-state index in [1.807, 2.05) is 6.07 Å². The summed E-state index contributed by atoms with van der Waals surface area (Å²) in [7, 11) is 0. The minimum atomic E-state index is -0.853. The summed E-state index contributed by atoms with van der Waals surface area (Å²) in [5.74, 6) is -1.63.